The summed E-state index contributed by atoms with van der Waals surface area (Å²) in [5.41, 5.74) is 1.37. The number of imide groups is 1. The molecule has 0 unspecified atom stereocenters. The predicted octanol–water partition coefficient (Wildman–Crippen LogP) is 4.47. The molecule has 1 aliphatic rings. The lowest BCUT2D eigenvalue weighted by molar-refractivity contribution is -0.122. The quantitative estimate of drug-likeness (QED) is 0.497. The molecule has 0 aromatic heterocycles. The number of amides is 2. The fourth-order valence-corrected chi connectivity index (χ4v) is 3.51. The van der Waals surface area contributed by atoms with E-state index in [1.165, 1.54) is 12.1 Å². The van der Waals surface area contributed by atoms with E-state index in [2.05, 4.69) is 5.92 Å². The SMILES string of the molecule is C#CCN1C(=O)SC(=Cc2ccc(OCc3cccc(F)c3)c(OCC)c2)C1=O. The molecule has 1 heterocycles. The minimum atomic E-state index is -0.414. The standard InChI is InChI=1S/C22H18FNO4S/c1-3-10-24-21(25)20(29-22(24)26)13-15-8-9-18(19(12-15)27-4-2)28-14-16-6-5-7-17(23)11-16/h1,5-9,11-13H,4,10,14H2,2H3. The molecule has 0 aliphatic carbocycles. The van der Waals surface area contributed by atoms with Crippen LogP contribution in [0.4, 0.5) is 9.18 Å². The van der Waals surface area contributed by atoms with E-state index in [4.69, 9.17) is 15.9 Å². The maximum Gasteiger partial charge on any atom is 0.294 e. The van der Waals surface area contributed by atoms with Crippen LogP contribution in [-0.4, -0.2) is 29.2 Å². The summed E-state index contributed by atoms with van der Waals surface area (Å²) in [6.07, 6.45) is 6.81. The van der Waals surface area contributed by atoms with Gasteiger partial charge in [-0.3, -0.25) is 14.5 Å². The van der Waals surface area contributed by atoms with Gasteiger partial charge in [0.05, 0.1) is 18.1 Å². The Morgan fingerprint density at radius 1 is 1.17 bits per heavy atom. The van der Waals surface area contributed by atoms with Crippen molar-refractivity contribution in [2.24, 2.45) is 0 Å². The molecule has 148 valence electrons. The number of thioether (sulfide) groups is 1. The van der Waals surface area contributed by atoms with E-state index >= 15 is 0 Å². The summed E-state index contributed by atoms with van der Waals surface area (Å²) in [5, 5.41) is -0.390. The van der Waals surface area contributed by atoms with Gasteiger partial charge in [0.2, 0.25) is 0 Å². The Morgan fingerprint density at radius 3 is 2.72 bits per heavy atom. The van der Waals surface area contributed by atoms with Gasteiger partial charge in [-0.05, 0) is 60.2 Å². The van der Waals surface area contributed by atoms with E-state index < -0.39 is 5.91 Å². The summed E-state index contributed by atoms with van der Waals surface area (Å²) in [7, 11) is 0. The molecule has 0 saturated carbocycles. The van der Waals surface area contributed by atoms with Crippen LogP contribution in [-0.2, 0) is 11.4 Å². The van der Waals surface area contributed by atoms with Crippen molar-refractivity contribution in [2.45, 2.75) is 13.5 Å². The van der Waals surface area contributed by atoms with Gasteiger partial charge in [-0.15, -0.1) is 6.42 Å². The Bertz CT molecular complexity index is 1010. The molecule has 0 atom stereocenters. The topological polar surface area (TPSA) is 55.8 Å². The largest absolute Gasteiger partial charge is 0.490 e. The van der Waals surface area contributed by atoms with Gasteiger partial charge in [-0.1, -0.05) is 24.1 Å². The van der Waals surface area contributed by atoms with E-state index in [9.17, 15) is 14.0 Å². The van der Waals surface area contributed by atoms with Gasteiger partial charge in [0.1, 0.15) is 12.4 Å². The lowest BCUT2D eigenvalue weighted by Crippen LogP contribution is -2.28. The van der Waals surface area contributed by atoms with Crippen molar-refractivity contribution in [3.05, 3.63) is 64.3 Å². The highest BCUT2D eigenvalue weighted by atomic mass is 32.2. The molecule has 29 heavy (non-hydrogen) atoms. The molecule has 1 saturated heterocycles. The number of ether oxygens (including phenoxy) is 2. The van der Waals surface area contributed by atoms with E-state index in [-0.39, 0.29) is 24.2 Å². The van der Waals surface area contributed by atoms with E-state index in [0.29, 0.717) is 34.1 Å². The molecule has 2 amide bonds. The number of hydrogen-bond acceptors (Lipinski definition) is 5. The molecule has 0 spiro atoms. The number of carbonyl (C=O) groups excluding carboxylic acids is 2. The van der Waals surface area contributed by atoms with Crippen LogP contribution in [0.25, 0.3) is 6.08 Å². The Labute approximate surface area is 172 Å². The number of hydrogen-bond donors (Lipinski definition) is 0. The molecule has 1 aliphatic heterocycles. The van der Waals surface area contributed by atoms with Crippen LogP contribution in [0, 0.1) is 18.2 Å². The highest BCUT2D eigenvalue weighted by molar-refractivity contribution is 8.18. The fourth-order valence-electron chi connectivity index (χ4n) is 2.67. The first kappa shape index (κ1) is 20.5. The summed E-state index contributed by atoms with van der Waals surface area (Å²) < 4.78 is 24.7. The van der Waals surface area contributed by atoms with Crippen LogP contribution in [0.5, 0.6) is 11.5 Å². The molecule has 3 rings (SSSR count). The van der Waals surface area contributed by atoms with Gasteiger partial charge < -0.3 is 9.47 Å². The zero-order valence-electron chi connectivity index (χ0n) is 15.7. The molecule has 7 heteroatoms. The molecule has 2 aromatic rings. The lowest BCUT2D eigenvalue weighted by Gasteiger charge is -2.13. The highest BCUT2D eigenvalue weighted by Gasteiger charge is 2.34. The van der Waals surface area contributed by atoms with Crippen LogP contribution in [0.15, 0.2) is 47.4 Å². The van der Waals surface area contributed by atoms with Crippen molar-refractivity contribution in [3.63, 3.8) is 0 Å². The first-order valence-electron chi connectivity index (χ1n) is 8.84. The van der Waals surface area contributed by atoms with Gasteiger partial charge >= 0.3 is 0 Å². The summed E-state index contributed by atoms with van der Waals surface area (Å²) in [6, 6.07) is 11.3. The minimum absolute atomic E-state index is 0.0565. The van der Waals surface area contributed by atoms with Gasteiger partial charge in [0.15, 0.2) is 11.5 Å². The summed E-state index contributed by atoms with van der Waals surface area (Å²) in [5.74, 6) is 2.54. The Hall–Kier alpha value is -3.24. The Kier molecular flexibility index (Phi) is 6.57. The van der Waals surface area contributed by atoms with Gasteiger partial charge in [-0.25, -0.2) is 4.39 Å². The number of rotatable bonds is 7. The zero-order chi connectivity index (χ0) is 20.8. The third-order valence-corrected chi connectivity index (χ3v) is 4.88. The average Bonchev–Trinajstić information content (AvgIpc) is 2.95. The second-order valence-corrected chi connectivity index (χ2v) is 7.02. The number of benzene rings is 2. The van der Waals surface area contributed by atoms with E-state index in [1.54, 1.807) is 36.4 Å². The molecule has 5 nitrogen and oxygen atoms in total. The molecule has 0 radical (unpaired) electrons. The third kappa shape index (κ3) is 4.98. The molecule has 1 fully saturated rings. The van der Waals surface area contributed by atoms with Crippen molar-refractivity contribution < 1.29 is 23.5 Å². The minimum Gasteiger partial charge on any atom is -0.490 e. The molecular formula is C22H18FNO4S. The van der Waals surface area contributed by atoms with Crippen molar-refractivity contribution in [3.8, 4) is 23.8 Å². The summed E-state index contributed by atoms with van der Waals surface area (Å²) in [6.45, 7) is 2.38. The molecule has 0 bridgehead atoms. The van der Waals surface area contributed by atoms with Crippen LogP contribution in [0.3, 0.4) is 0 Å². The van der Waals surface area contributed by atoms with E-state index in [1.807, 2.05) is 6.92 Å². The van der Waals surface area contributed by atoms with Crippen LogP contribution in [0.1, 0.15) is 18.1 Å². The van der Waals surface area contributed by atoms with Crippen LogP contribution < -0.4 is 9.47 Å². The van der Waals surface area contributed by atoms with Gasteiger partial charge in [0.25, 0.3) is 11.1 Å². The first-order valence-corrected chi connectivity index (χ1v) is 9.66. The summed E-state index contributed by atoms with van der Waals surface area (Å²) >= 11 is 0.844. The number of carbonyl (C=O) groups is 2. The number of terminal acetylenes is 1. The molecular weight excluding hydrogens is 393 g/mol. The summed E-state index contributed by atoms with van der Waals surface area (Å²) in [4.78, 5) is 25.5. The fraction of sp³-hybridized carbons (Fsp3) is 0.182. The van der Waals surface area contributed by atoms with Gasteiger partial charge in [-0.2, -0.15) is 0 Å². The molecule has 2 aromatic carbocycles. The lowest BCUT2D eigenvalue weighted by atomic mass is 10.1. The third-order valence-electron chi connectivity index (χ3n) is 3.97. The Balaban J connectivity index is 1.80. The second kappa shape index (κ2) is 9.30. The predicted molar refractivity (Wildman–Crippen MR) is 110 cm³/mol. The second-order valence-electron chi connectivity index (χ2n) is 6.03. The van der Waals surface area contributed by atoms with Gasteiger partial charge in [0, 0.05) is 0 Å². The zero-order valence-corrected chi connectivity index (χ0v) is 16.5. The number of nitrogens with zero attached hydrogens (tertiary/aromatic N) is 1. The van der Waals surface area contributed by atoms with Crippen molar-refractivity contribution in [2.75, 3.05) is 13.2 Å². The van der Waals surface area contributed by atoms with E-state index in [0.717, 1.165) is 16.7 Å². The van der Waals surface area contributed by atoms with Crippen molar-refractivity contribution in [1.82, 2.24) is 4.90 Å². The smallest absolute Gasteiger partial charge is 0.294 e. The maximum atomic E-state index is 13.3. The maximum absolute atomic E-state index is 13.3. The Morgan fingerprint density at radius 2 is 2.00 bits per heavy atom. The molecule has 0 N–H and O–H groups in total. The van der Waals surface area contributed by atoms with Crippen molar-refractivity contribution >= 4 is 29.0 Å². The monoisotopic (exact) mass is 411 g/mol. The first-order chi connectivity index (χ1) is 14.0. The van der Waals surface area contributed by atoms with Crippen molar-refractivity contribution in [1.29, 1.82) is 0 Å². The highest BCUT2D eigenvalue weighted by Crippen LogP contribution is 2.34. The average molecular weight is 411 g/mol. The normalized spacial score (nSPS) is 14.9. The number of halogens is 1. The van der Waals surface area contributed by atoms with Crippen LogP contribution in [0.2, 0.25) is 0 Å². The van der Waals surface area contributed by atoms with Crippen LogP contribution >= 0.6 is 11.8 Å².